The van der Waals surface area contributed by atoms with Crippen LogP contribution in [-0.2, 0) is 46.6 Å². The van der Waals surface area contributed by atoms with Crippen LogP contribution < -0.4 is 0 Å². The second kappa shape index (κ2) is 36.5. The number of allylic oxidation sites excluding steroid dienone is 9. The standard InChI is InChI=1S/C46H78O16P2/c1-3-5-7-8-9-10-11-12-13-14-15-16-17-18-19-20-25-29-45(51)58-36-40(37-61-64(56,57)60-35-39(48)34-59-63(53,54)55)62-46(52)30-26-22-21-24-28-41-42(44(50)33-43(41)49)32-31-38(47)27-23-6-4-2/h9-10,12-13,15-16,21,24,31-32,38-43,47-49H,3-8,11,14,17-20,22-23,25-30,33-37H2,1-2H3,(H,56,57)(H2,53,54,55)/b10-9-,13-12-,16-15-,24-21-,32-31+/t38-,39-,40+,41+,42+,43-/m0/s1. The average molecular weight is 949 g/mol. The van der Waals surface area contributed by atoms with Gasteiger partial charge in [-0.25, -0.2) is 9.13 Å². The van der Waals surface area contributed by atoms with E-state index in [0.717, 1.165) is 64.2 Å². The van der Waals surface area contributed by atoms with Gasteiger partial charge < -0.3 is 39.5 Å². The number of aliphatic hydroxyl groups is 3. The predicted molar refractivity (Wildman–Crippen MR) is 245 cm³/mol. The number of ether oxygens (including phenoxy) is 2. The fraction of sp³-hybridized carbons (Fsp3) is 0.717. The highest BCUT2D eigenvalue weighted by Crippen LogP contribution is 2.44. The van der Waals surface area contributed by atoms with Gasteiger partial charge in [0.1, 0.15) is 18.5 Å². The summed E-state index contributed by atoms with van der Waals surface area (Å²) in [6.45, 7) is 1.29. The van der Waals surface area contributed by atoms with E-state index in [0.29, 0.717) is 32.1 Å². The Morgan fingerprint density at radius 2 is 1.25 bits per heavy atom. The van der Waals surface area contributed by atoms with Gasteiger partial charge in [0.05, 0.1) is 32.0 Å². The maximum Gasteiger partial charge on any atom is 0.472 e. The van der Waals surface area contributed by atoms with Crippen LogP contribution in [0.5, 0.6) is 0 Å². The van der Waals surface area contributed by atoms with Crippen LogP contribution in [0.25, 0.3) is 0 Å². The molecule has 1 saturated carbocycles. The average Bonchev–Trinajstić information content (AvgIpc) is 3.51. The van der Waals surface area contributed by atoms with Crippen molar-refractivity contribution < 1.29 is 76.6 Å². The third kappa shape index (κ3) is 33.0. The lowest BCUT2D eigenvalue weighted by Gasteiger charge is -2.20. The Morgan fingerprint density at radius 1 is 0.688 bits per heavy atom. The minimum atomic E-state index is -4.91. The lowest BCUT2D eigenvalue weighted by Crippen LogP contribution is -2.29. The monoisotopic (exact) mass is 948 g/mol. The number of aliphatic hydroxyl groups excluding tert-OH is 3. The first kappa shape index (κ1) is 59.4. The summed E-state index contributed by atoms with van der Waals surface area (Å²) in [5.41, 5.74) is 0. The molecular weight excluding hydrogens is 870 g/mol. The number of hydrogen-bond donors (Lipinski definition) is 6. The van der Waals surface area contributed by atoms with Gasteiger partial charge in [-0.3, -0.25) is 28.0 Å². The van der Waals surface area contributed by atoms with Gasteiger partial charge in [-0.2, -0.15) is 0 Å². The second-order valence-corrected chi connectivity index (χ2v) is 18.8. The quantitative estimate of drug-likeness (QED) is 0.0146. The van der Waals surface area contributed by atoms with Crippen LogP contribution in [0, 0.1) is 11.8 Å². The fourth-order valence-electron chi connectivity index (χ4n) is 6.63. The van der Waals surface area contributed by atoms with Crippen LogP contribution in [0.1, 0.15) is 149 Å². The Bertz CT molecular complexity index is 1520. The second-order valence-electron chi connectivity index (χ2n) is 16.1. The van der Waals surface area contributed by atoms with Crippen molar-refractivity contribution in [1.29, 1.82) is 0 Å². The highest BCUT2D eigenvalue weighted by atomic mass is 31.2. The fourth-order valence-corrected chi connectivity index (χ4v) is 7.78. The van der Waals surface area contributed by atoms with Crippen molar-refractivity contribution in [2.75, 3.05) is 26.4 Å². The van der Waals surface area contributed by atoms with Gasteiger partial charge in [-0.05, 0) is 70.6 Å². The summed E-state index contributed by atoms with van der Waals surface area (Å²) in [7, 11) is -9.80. The number of rotatable bonds is 39. The molecule has 0 aromatic heterocycles. The number of phosphoric acid groups is 2. The van der Waals surface area contributed by atoms with E-state index >= 15 is 0 Å². The van der Waals surface area contributed by atoms with Gasteiger partial charge >= 0.3 is 27.6 Å². The molecule has 0 bridgehead atoms. The van der Waals surface area contributed by atoms with E-state index in [-0.39, 0.29) is 31.0 Å². The third-order valence-corrected chi connectivity index (χ3v) is 11.7. The molecule has 16 nitrogen and oxygen atoms in total. The molecular formula is C46H78O16P2. The zero-order valence-electron chi connectivity index (χ0n) is 38.1. The van der Waals surface area contributed by atoms with E-state index in [1.165, 1.54) is 19.3 Å². The lowest BCUT2D eigenvalue weighted by atomic mass is 9.90. The van der Waals surface area contributed by atoms with Crippen molar-refractivity contribution in [3.63, 3.8) is 0 Å². The number of esters is 2. The SMILES string of the molecule is CCCCC/C=C\C/C=C\C/C=C\CCCCCCC(=O)OC[C@H](COP(=O)(O)OC[C@@H](O)COP(=O)(O)O)OC(=O)CCC/C=C\C[C@H]1[C@@H](O)CC(=O)[C@@H]1/C=C/[C@@H](O)CCCCC. The van der Waals surface area contributed by atoms with Crippen molar-refractivity contribution in [3.8, 4) is 0 Å². The van der Waals surface area contributed by atoms with Crippen molar-refractivity contribution in [1.82, 2.24) is 0 Å². The van der Waals surface area contributed by atoms with Crippen molar-refractivity contribution in [2.45, 2.75) is 173 Å². The predicted octanol–water partition coefficient (Wildman–Crippen LogP) is 8.60. The maximum atomic E-state index is 12.8. The summed E-state index contributed by atoms with van der Waals surface area (Å²) in [5.74, 6) is -2.16. The molecule has 1 rings (SSSR count). The summed E-state index contributed by atoms with van der Waals surface area (Å²) in [6, 6.07) is 0. The first-order valence-electron chi connectivity index (χ1n) is 23.1. The lowest BCUT2D eigenvalue weighted by molar-refractivity contribution is -0.161. The number of ketones is 1. The Hall–Kier alpha value is -2.59. The van der Waals surface area contributed by atoms with Crippen LogP contribution in [0.2, 0.25) is 0 Å². The number of carbonyl (C=O) groups is 3. The summed E-state index contributed by atoms with van der Waals surface area (Å²) in [6.07, 6.45) is 31.5. The molecule has 0 aromatic carbocycles. The van der Waals surface area contributed by atoms with Crippen LogP contribution in [-0.4, -0.2) is 98.6 Å². The number of carbonyl (C=O) groups excluding carboxylic acids is 3. The minimum absolute atomic E-state index is 0.0500. The molecule has 0 amide bonds. The molecule has 1 fully saturated rings. The molecule has 0 aromatic rings. The minimum Gasteiger partial charge on any atom is -0.462 e. The largest absolute Gasteiger partial charge is 0.472 e. The molecule has 0 radical (unpaired) electrons. The molecule has 18 heteroatoms. The van der Waals surface area contributed by atoms with Gasteiger partial charge in [-0.1, -0.05) is 120 Å². The molecule has 6 N–H and O–H groups in total. The molecule has 1 aliphatic rings. The van der Waals surface area contributed by atoms with E-state index in [1.807, 2.05) is 12.2 Å². The molecule has 368 valence electrons. The van der Waals surface area contributed by atoms with Crippen LogP contribution in [0.3, 0.4) is 0 Å². The Balaban J connectivity index is 2.58. The van der Waals surface area contributed by atoms with E-state index in [4.69, 9.17) is 23.8 Å². The number of phosphoric ester groups is 2. The third-order valence-electron chi connectivity index (χ3n) is 10.2. The molecule has 0 spiro atoms. The summed E-state index contributed by atoms with van der Waals surface area (Å²) >= 11 is 0. The maximum absolute atomic E-state index is 12.8. The molecule has 1 aliphatic carbocycles. The molecule has 0 heterocycles. The van der Waals surface area contributed by atoms with E-state index in [1.54, 1.807) is 12.2 Å². The van der Waals surface area contributed by atoms with Crippen LogP contribution in [0.4, 0.5) is 0 Å². The Kier molecular flexibility index (Phi) is 33.9. The summed E-state index contributed by atoms with van der Waals surface area (Å²) < 4.78 is 47.8. The Morgan fingerprint density at radius 3 is 1.92 bits per heavy atom. The first-order valence-corrected chi connectivity index (χ1v) is 26.1. The van der Waals surface area contributed by atoms with Crippen molar-refractivity contribution in [2.24, 2.45) is 11.8 Å². The van der Waals surface area contributed by atoms with Gasteiger partial charge in [0, 0.05) is 31.1 Å². The van der Waals surface area contributed by atoms with Gasteiger partial charge in [0.25, 0.3) is 0 Å². The number of unbranched alkanes of at least 4 members (excludes halogenated alkanes) is 10. The first-order chi connectivity index (χ1) is 30.6. The molecule has 1 unspecified atom stereocenters. The summed E-state index contributed by atoms with van der Waals surface area (Å²) in [5, 5.41) is 30.5. The molecule has 64 heavy (non-hydrogen) atoms. The van der Waals surface area contributed by atoms with Crippen molar-refractivity contribution >= 4 is 33.4 Å². The van der Waals surface area contributed by atoms with Gasteiger partial charge in [0.15, 0.2) is 6.10 Å². The smallest absolute Gasteiger partial charge is 0.462 e. The van der Waals surface area contributed by atoms with E-state index < -0.39 is 84.3 Å². The topological polar surface area (TPSA) is 253 Å². The number of Topliss-reactive ketones (excluding diaryl/α,β-unsaturated/α-hetero) is 1. The number of hydrogen-bond acceptors (Lipinski definition) is 13. The van der Waals surface area contributed by atoms with E-state index in [9.17, 15) is 43.7 Å². The van der Waals surface area contributed by atoms with Crippen LogP contribution in [0.15, 0.2) is 60.8 Å². The zero-order valence-corrected chi connectivity index (χ0v) is 39.9. The highest BCUT2D eigenvalue weighted by Gasteiger charge is 2.39. The molecule has 0 aliphatic heterocycles. The van der Waals surface area contributed by atoms with Gasteiger partial charge in [-0.15, -0.1) is 0 Å². The molecule has 0 saturated heterocycles. The van der Waals surface area contributed by atoms with Crippen molar-refractivity contribution in [3.05, 3.63) is 60.8 Å². The zero-order chi connectivity index (χ0) is 47.5. The van der Waals surface area contributed by atoms with Gasteiger partial charge in [0.2, 0.25) is 0 Å². The van der Waals surface area contributed by atoms with Crippen LogP contribution >= 0.6 is 15.6 Å². The summed E-state index contributed by atoms with van der Waals surface area (Å²) in [4.78, 5) is 65.5. The normalized spacial score (nSPS) is 19.7. The Labute approximate surface area is 381 Å². The van der Waals surface area contributed by atoms with E-state index in [2.05, 4.69) is 59.4 Å². The molecule has 7 atom stereocenters. The highest BCUT2D eigenvalue weighted by molar-refractivity contribution is 7.47.